The molecule has 0 spiro atoms. The van der Waals surface area contributed by atoms with Crippen LogP contribution in [0.4, 0.5) is 0 Å². The summed E-state index contributed by atoms with van der Waals surface area (Å²) in [5, 5.41) is 9.38. The van der Waals surface area contributed by atoms with Crippen molar-refractivity contribution in [2.45, 2.75) is 25.7 Å². The molecule has 0 aromatic heterocycles. The molecular weight excluding hydrogens is 188 g/mol. The number of phenols is 1. The molecule has 1 aliphatic carbocycles. The molecule has 1 N–H and O–H groups in total. The van der Waals surface area contributed by atoms with E-state index in [1.807, 2.05) is 19.1 Å². The maximum absolute atomic E-state index is 11.4. The maximum atomic E-state index is 11.4. The van der Waals surface area contributed by atoms with E-state index in [-0.39, 0.29) is 17.5 Å². The first-order valence-corrected chi connectivity index (χ1v) is 5.14. The molecule has 2 rings (SSSR count). The van der Waals surface area contributed by atoms with Gasteiger partial charge in [-0.15, -0.1) is 0 Å². The van der Waals surface area contributed by atoms with Gasteiger partial charge in [-0.3, -0.25) is 4.79 Å². The van der Waals surface area contributed by atoms with Crippen molar-refractivity contribution in [3.8, 4) is 5.75 Å². The van der Waals surface area contributed by atoms with Gasteiger partial charge in [-0.1, -0.05) is 17.7 Å². The Morgan fingerprint density at radius 1 is 1.33 bits per heavy atom. The van der Waals surface area contributed by atoms with Gasteiger partial charge in [-0.2, -0.15) is 0 Å². The van der Waals surface area contributed by atoms with Crippen LogP contribution in [0.3, 0.4) is 0 Å². The Hall–Kier alpha value is -1.57. The minimum atomic E-state index is 0.187. The molecule has 2 heteroatoms. The lowest BCUT2D eigenvalue weighted by atomic mass is 9.84. The first kappa shape index (κ1) is 9.97. The highest BCUT2D eigenvalue weighted by Gasteiger charge is 2.20. The second kappa shape index (κ2) is 3.89. The Bertz CT molecular complexity index is 418. The fourth-order valence-corrected chi connectivity index (χ4v) is 2.11. The van der Waals surface area contributed by atoms with Gasteiger partial charge in [-0.05, 0) is 43.0 Å². The number of rotatable bonds is 1. The molecule has 1 atom stereocenters. The van der Waals surface area contributed by atoms with Gasteiger partial charge < -0.3 is 5.11 Å². The van der Waals surface area contributed by atoms with Crippen LogP contribution in [0.25, 0.3) is 0 Å². The summed E-state index contributed by atoms with van der Waals surface area (Å²) in [6.45, 7) is 1.98. The van der Waals surface area contributed by atoms with E-state index in [1.54, 1.807) is 18.2 Å². The monoisotopic (exact) mass is 202 g/mol. The predicted molar refractivity (Wildman–Crippen MR) is 58.8 cm³/mol. The molecular formula is C13H14O2. The van der Waals surface area contributed by atoms with Gasteiger partial charge in [0.2, 0.25) is 0 Å². The van der Waals surface area contributed by atoms with Gasteiger partial charge >= 0.3 is 0 Å². The quantitative estimate of drug-likeness (QED) is 0.760. The largest absolute Gasteiger partial charge is 0.508 e. The highest BCUT2D eigenvalue weighted by molar-refractivity contribution is 5.91. The zero-order valence-electron chi connectivity index (χ0n) is 8.73. The van der Waals surface area contributed by atoms with Gasteiger partial charge in [0.05, 0.1) is 0 Å². The highest BCUT2D eigenvalue weighted by Crippen LogP contribution is 2.32. The molecule has 0 saturated carbocycles. The van der Waals surface area contributed by atoms with Crippen molar-refractivity contribution in [1.29, 1.82) is 0 Å². The molecule has 0 fully saturated rings. The number of aromatic hydroxyl groups is 1. The van der Waals surface area contributed by atoms with E-state index in [2.05, 4.69) is 0 Å². The fraction of sp³-hybridized carbons (Fsp3) is 0.308. The van der Waals surface area contributed by atoms with Crippen molar-refractivity contribution in [1.82, 2.24) is 0 Å². The number of carbonyl (C=O) groups is 1. The van der Waals surface area contributed by atoms with E-state index in [4.69, 9.17) is 0 Å². The van der Waals surface area contributed by atoms with Crippen molar-refractivity contribution in [2.24, 2.45) is 0 Å². The van der Waals surface area contributed by atoms with E-state index >= 15 is 0 Å². The van der Waals surface area contributed by atoms with Gasteiger partial charge in [0.1, 0.15) is 5.75 Å². The summed E-state index contributed by atoms with van der Waals surface area (Å²) >= 11 is 0. The van der Waals surface area contributed by atoms with Crippen molar-refractivity contribution < 1.29 is 9.90 Å². The average Bonchev–Trinajstić information content (AvgIpc) is 2.16. The zero-order valence-corrected chi connectivity index (χ0v) is 8.73. The minimum Gasteiger partial charge on any atom is -0.508 e. The molecule has 2 nitrogen and oxygen atoms in total. The third-order valence-electron chi connectivity index (χ3n) is 2.76. The lowest BCUT2D eigenvalue weighted by molar-refractivity contribution is -0.115. The molecule has 0 amide bonds. The summed E-state index contributed by atoms with van der Waals surface area (Å²) in [5.41, 5.74) is 2.18. The third kappa shape index (κ3) is 2.27. The van der Waals surface area contributed by atoms with Gasteiger partial charge in [0, 0.05) is 6.42 Å². The van der Waals surface area contributed by atoms with E-state index in [0.717, 1.165) is 17.6 Å². The Morgan fingerprint density at radius 3 is 2.80 bits per heavy atom. The average molecular weight is 202 g/mol. The summed E-state index contributed by atoms with van der Waals surface area (Å²) in [6.07, 6.45) is 3.19. The fourth-order valence-electron chi connectivity index (χ4n) is 2.11. The number of allylic oxidation sites excluding steroid dienone is 2. The van der Waals surface area contributed by atoms with Crippen molar-refractivity contribution in [2.75, 3.05) is 0 Å². The zero-order chi connectivity index (χ0) is 10.8. The lowest BCUT2D eigenvalue weighted by Gasteiger charge is -2.20. The molecule has 1 aliphatic rings. The standard InChI is InChI=1S/C13H14O2/c1-9-5-11(8-13(15)6-9)10-3-2-4-12(14)7-10/h2-4,6-7,11,14H,5,8H2,1H3. The topological polar surface area (TPSA) is 37.3 Å². The molecule has 0 bridgehead atoms. The van der Waals surface area contributed by atoms with Gasteiger partial charge in [0.25, 0.3) is 0 Å². The smallest absolute Gasteiger partial charge is 0.156 e. The van der Waals surface area contributed by atoms with E-state index < -0.39 is 0 Å². The van der Waals surface area contributed by atoms with Crippen molar-refractivity contribution in [3.05, 3.63) is 41.5 Å². The van der Waals surface area contributed by atoms with Crippen LogP contribution in [0.2, 0.25) is 0 Å². The molecule has 0 heterocycles. The molecule has 78 valence electrons. The first-order chi connectivity index (χ1) is 7.15. The van der Waals surface area contributed by atoms with Gasteiger partial charge in [0.15, 0.2) is 5.78 Å². The number of hydrogen-bond donors (Lipinski definition) is 1. The molecule has 0 radical (unpaired) electrons. The van der Waals surface area contributed by atoms with Crippen molar-refractivity contribution >= 4 is 5.78 Å². The maximum Gasteiger partial charge on any atom is 0.156 e. The van der Waals surface area contributed by atoms with Crippen LogP contribution in [0.15, 0.2) is 35.9 Å². The molecule has 1 unspecified atom stereocenters. The van der Waals surface area contributed by atoms with Crippen LogP contribution in [0, 0.1) is 0 Å². The summed E-state index contributed by atoms with van der Waals surface area (Å²) in [6, 6.07) is 7.19. The Kier molecular flexibility index (Phi) is 2.58. The SMILES string of the molecule is CC1=CC(=O)CC(c2cccc(O)c2)C1. The lowest BCUT2D eigenvalue weighted by Crippen LogP contribution is -2.11. The van der Waals surface area contributed by atoms with Gasteiger partial charge in [-0.25, -0.2) is 0 Å². The number of hydrogen-bond acceptors (Lipinski definition) is 2. The molecule has 1 aromatic carbocycles. The van der Waals surface area contributed by atoms with Crippen LogP contribution < -0.4 is 0 Å². The highest BCUT2D eigenvalue weighted by atomic mass is 16.3. The summed E-state index contributed by atoms with van der Waals surface area (Å²) in [5.74, 6) is 0.689. The predicted octanol–water partition coefficient (Wildman–Crippen LogP) is 2.79. The molecule has 1 aromatic rings. The van der Waals surface area contributed by atoms with Crippen LogP contribution in [-0.2, 0) is 4.79 Å². The number of phenolic OH excluding ortho intramolecular Hbond substituents is 1. The van der Waals surface area contributed by atoms with E-state index in [1.165, 1.54) is 0 Å². The van der Waals surface area contributed by atoms with E-state index in [0.29, 0.717) is 6.42 Å². The van der Waals surface area contributed by atoms with E-state index in [9.17, 15) is 9.90 Å². The first-order valence-electron chi connectivity index (χ1n) is 5.14. The van der Waals surface area contributed by atoms with Crippen molar-refractivity contribution in [3.63, 3.8) is 0 Å². The number of ketones is 1. The summed E-state index contributed by atoms with van der Waals surface area (Å²) in [7, 11) is 0. The second-order valence-electron chi connectivity index (χ2n) is 4.16. The number of benzene rings is 1. The van der Waals surface area contributed by atoms with Crippen LogP contribution >= 0.6 is 0 Å². The number of carbonyl (C=O) groups excluding carboxylic acids is 1. The van der Waals surface area contributed by atoms with Crippen LogP contribution in [0.1, 0.15) is 31.2 Å². The minimum absolute atomic E-state index is 0.187. The summed E-state index contributed by atoms with van der Waals surface area (Å²) in [4.78, 5) is 11.4. The Morgan fingerprint density at radius 2 is 2.13 bits per heavy atom. The normalized spacial score (nSPS) is 21.3. The molecule has 15 heavy (non-hydrogen) atoms. The van der Waals surface area contributed by atoms with Crippen LogP contribution in [0.5, 0.6) is 5.75 Å². The Labute approximate surface area is 89.2 Å². The molecule has 0 saturated heterocycles. The van der Waals surface area contributed by atoms with Crippen LogP contribution in [-0.4, -0.2) is 10.9 Å². The third-order valence-corrected chi connectivity index (χ3v) is 2.76. The molecule has 0 aliphatic heterocycles. The Balaban J connectivity index is 2.26. The second-order valence-corrected chi connectivity index (χ2v) is 4.16. The summed E-state index contributed by atoms with van der Waals surface area (Å²) < 4.78 is 0.